The van der Waals surface area contributed by atoms with Crippen LogP contribution in [-0.4, -0.2) is 30.2 Å². The first-order valence-electron chi connectivity index (χ1n) is 5.70. The first kappa shape index (κ1) is 12.0. The summed E-state index contributed by atoms with van der Waals surface area (Å²) in [6, 6.07) is 0. The summed E-state index contributed by atoms with van der Waals surface area (Å²) in [5.41, 5.74) is -0.505. The Labute approximate surface area is 87.7 Å². The lowest BCUT2D eigenvalue weighted by molar-refractivity contribution is 0.0687. The fraction of sp³-hybridized carbons (Fsp3) is 1.00. The van der Waals surface area contributed by atoms with Crippen molar-refractivity contribution in [2.45, 2.75) is 52.6 Å². The third kappa shape index (κ3) is 4.41. The van der Waals surface area contributed by atoms with E-state index in [1.54, 1.807) is 6.92 Å². The van der Waals surface area contributed by atoms with Crippen LogP contribution < -0.4 is 0 Å². The largest absolute Gasteiger partial charge is 0.303 e. The summed E-state index contributed by atoms with van der Waals surface area (Å²) in [5, 5.41) is 0. The topological polar surface area (TPSA) is 3.24 Å². The van der Waals surface area contributed by atoms with Crippen molar-refractivity contribution in [3.63, 3.8) is 0 Å². The summed E-state index contributed by atoms with van der Waals surface area (Å²) in [4.78, 5) is 2.40. The van der Waals surface area contributed by atoms with E-state index in [9.17, 15) is 4.39 Å². The van der Waals surface area contributed by atoms with Gasteiger partial charge in [-0.2, -0.15) is 0 Å². The van der Waals surface area contributed by atoms with E-state index in [1.807, 2.05) is 0 Å². The summed E-state index contributed by atoms with van der Waals surface area (Å²) in [5.74, 6) is 0. The lowest BCUT2D eigenvalue weighted by Gasteiger charge is -2.35. The highest BCUT2D eigenvalue weighted by Gasteiger charge is 2.29. The molecule has 2 heteroatoms. The molecule has 1 nitrogen and oxygen atoms in total. The first-order chi connectivity index (χ1) is 6.29. The minimum Gasteiger partial charge on any atom is -0.303 e. The summed E-state index contributed by atoms with van der Waals surface area (Å²) in [6.45, 7) is 11.5. The van der Waals surface area contributed by atoms with Crippen LogP contribution in [-0.2, 0) is 0 Å². The lowest BCUT2D eigenvalue weighted by Crippen LogP contribution is -2.41. The zero-order valence-electron chi connectivity index (χ0n) is 10.1. The fourth-order valence-electron chi connectivity index (χ4n) is 1.74. The van der Waals surface area contributed by atoms with Gasteiger partial charge in [-0.3, -0.25) is 0 Å². The predicted molar refractivity (Wildman–Crippen MR) is 59.3 cm³/mol. The Balaban J connectivity index is 2.23. The van der Waals surface area contributed by atoms with Gasteiger partial charge in [-0.05, 0) is 38.1 Å². The maximum absolute atomic E-state index is 13.5. The molecule has 0 spiro atoms. The van der Waals surface area contributed by atoms with E-state index in [2.05, 4.69) is 25.7 Å². The van der Waals surface area contributed by atoms with E-state index >= 15 is 0 Å². The van der Waals surface area contributed by atoms with Gasteiger partial charge in [0.1, 0.15) is 5.67 Å². The van der Waals surface area contributed by atoms with Gasteiger partial charge >= 0.3 is 0 Å². The molecular formula is C12H24FN. The van der Waals surface area contributed by atoms with E-state index in [-0.39, 0.29) is 0 Å². The van der Waals surface area contributed by atoms with Crippen LogP contribution in [0.3, 0.4) is 0 Å². The molecule has 0 amide bonds. The summed E-state index contributed by atoms with van der Waals surface area (Å²) in [6.07, 6.45) is 2.62. The van der Waals surface area contributed by atoms with Gasteiger partial charge in [-0.1, -0.05) is 20.8 Å². The highest BCUT2D eigenvalue weighted by molar-refractivity contribution is 4.82. The summed E-state index contributed by atoms with van der Waals surface area (Å²) >= 11 is 0. The second-order valence-corrected chi connectivity index (χ2v) is 6.07. The maximum atomic E-state index is 13.5. The molecule has 84 valence electrons. The number of likely N-dealkylation sites (tertiary alicyclic amines) is 1. The van der Waals surface area contributed by atoms with Crippen LogP contribution in [0.5, 0.6) is 0 Å². The highest BCUT2D eigenvalue weighted by Crippen LogP contribution is 2.27. The van der Waals surface area contributed by atoms with Crippen LogP contribution in [0.15, 0.2) is 0 Å². The molecule has 0 aromatic carbocycles. The lowest BCUT2D eigenvalue weighted by atomic mass is 9.90. The Morgan fingerprint density at radius 3 is 2.14 bits per heavy atom. The third-order valence-electron chi connectivity index (χ3n) is 3.08. The number of rotatable bonds is 2. The van der Waals surface area contributed by atoms with Crippen LogP contribution >= 0.6 is 0 Å². The van der Waals surface area contributed by atoms with Crippen molar-refractivity contribution in [3.05, 3.63) is 0 Å². The Hall–Kier alpha value is -0.110. The molecular weight excluding hydrogens is 177 g/mol. The number of hydrogen-bond acceptors (Lipinski definition) is 1. The van der Waals surface area contributed by atoms with E-state index < -0.39 is 5.67 Å². The van der Waals surface area contributed by atoms with Crippen LogP contribution in [0.1, 0.15) is 47.0 Å². The van der Waals surface area contributed by atoms with E-state index in [0.717, 1.165) is 19.6 Å². The molecule has 0 bridgehead atoms. The quantitative estimate of drug-likeness (QED) is 0.663. The van der Waals surface area contributed by atoms with Gasteiger partial charge in [0.15, 0.2) is 0 Å². The third-order valence-corrected chi connectivity index (χ3v) is 3.08. The molecule has 0 N–H and O–H groups in total. The Morgan fingerprint density at radius 1 is 1.21 bits per heavy atom. The van der Waals surface area contributed by atoms with Gasteiger partial charge in [-0.25, -0.2) is 4.39 Å². The second kappa shape index (κ2) is 4.18. The first-order valence-corrected chi connectivity index (χ1v) is 5.70. The summed E-state index contributed by atoms with van der Waals surface area (Å²) in [7, 11) is 0. The Kier molecular flexibility index (Phi) is 3.57. The highest BCUT2D eigenvalue weighted by atomic mass is 19.1. The van der Waals surface area contributed by atoms with Gasteiger partial charge in [0.05, 0.1) is 0 Å². The molecule has 1 rings (SSSR count). The molecule has 0 unspecified atom stereocenters. The number of hydrogen-bond donors (Lipinski definition) is 0. The Bertz CT molecular complexity index is 171. The molecule has 1 fully saturated rings. The molecule has 0 radical (unpaired) electrons. The molecule has 1 aliphatic heterocycles. The van der Waals surface area contributed by atoms with Crippen LogP contribution in [0.4, 0.5) is 4.39 Å². The number of nitrogens with zero attached hydrogens (tertiary/aromatic N) is 1. The zero-order chi connectivity index (χ0) is 10.8. The van der Waals surface area contributed by atoms with Gasteiger partial charge in [-0.15, -0.1) is 0 Å². The van der Waals surface area contributed by atoms with Crippen molar-refractivity contribution in [2.24, 2.45) is 5.41 Å². The molecule has 0 saturated carbocycles. The molecule has 14 heavy (non-hydrogen) atoms. The van der Waals surface area contributed by atoms with Crippen molar-refractivity contribution in [2.75, 3.05) is 19.6 Å². The zero-order valence-corrected chi connectivity index (χ0v) is 10.1. The SMILES string of the molecule is CC(C)(C)CCN1CCC(C)(F)CC1. The number of alkyl halides is 1. The molecule has 0 aromatic rings. The molecule has 0 atom stereocenters. The monoisotopic (exact) mass is 201 g/mol. The minimum absolute atomic E-state index is 0.399. The normalized spacial score (nSPS) is 23.8. The molecule has 1 heterocycles. The molecule has 1 saturated heterocycles. The van der Waals surface area contributed by atoms with Crippen molar-refractivity contribution in [1.82, 2.24) is 4.90 Å². The van der Waals surface area contributed by atoms with Gasteiger partial charge in [0.2, 0.25) is 0 Å². The molecule has 1 aliphatic rings. The van der Waals surface area contributed by atoms with E-state index in [0.29, 0.717) is 18.3 Å². The van der Waals surface area contributed by atoms with Crippen LogP contribution in [0.2, 0.25) is 0 Å². The molecule has 0 aliphatic carbocycles. The van der Waals surface area contributed by atoms with Crippen molar-refractivity contribution in [3.8, 4) is 0 Å². The van der Waals surface area contributed by atoms with Crippen LogP contribution in [0, 0.1) is 5.41 Å². The van der Waals surface area contributed by atoms with E-state index in [1.165, 1.54) is 6.42 Å². The maximum Gasteiger partial charge on any atom is 0.110 e. The van der Waals surface area contributed by atoms with Crippen molar-refractivity contribution < 1.29 is 4.39 Å². The van der Waals surface area contributed by atoms with Gasteiger partial charge < -0.3 is 4.90 Å². The number of piperidine rings is 1. The minimum atomic E-state index is -0.905. The predicted octanol–water partition coefficient (Wildman–Crippen LogP) is 3.25. The second-order valence-electron chi connectivity index (χ2n) is 6.07. The van der Waals surface area contributed by atoms with Gasteiger partial charge in [0.25, 0.3) is 0 Å². The van der Waals surface area contributed by atoms with Crippen molar-refractivity contribution in [1.29, 1.82) is 0 Å². The van der Waals surface area contributed by atoms with Crippen molar-refractivity contribution >= 4 is 0 Å². The van der Waals surface area contributed by atoms with E-state index in [4.69, 9.17) is 0 Å². The number of halogens is 1. The fourth-order valence-corrected chi connectivity index (χ4v) is 1.74. The average Bonchev–Trinajstić information content (AvgIpc) is 2.01. The smallest absolute Gasteiger partial charge is 0.110 e. The standard InChI is InChI=1S/C12H24FN/c1-11(2,3)5-8-14-9-6-12(4,13)7-10-14/h5-10H2,1-4H3. The Morgan fingerprint density at radius 2 is 1.71 bits per heavy atom. The van der Waals surface area contributed by atoms with Crippen LogP contribution in [0.25, 0.3) is 0 Å². The van der Waals surface area contributed by atoms with Gasteiger partial charge in [0, 0.05) is 13.1 Å². The average molecular weight is 201 g/mol. The molecule has 0 aromatic heterocycles. The summed E-state index contributed by atoms with van der Waals surface area (Å²) < 4.78 is 13.5.